The lowest BCUT2D eigenvalue weighted by molar-refractivity contribution is -0.127. The second-order valence-electron chi connectivity index (χ2n) is 8.67. The van der Waals surface area contributed by atoms with E-state index >= 15 is 0 Å². The van der Waals surface area contributed by atoms with Crippen molar-refractivity contribution in [3.8, 4) is 0 Å². The van der Waals surface area contributed by atoms with Crippen LogP contribution in [0.25, 0.3) is 0 Å². The van der Waals surface area contributed by atoms with Crippen molar-refractivity contribution in [2.75, 3.05) is 13.1 Å². The van der Waals surface area contributed by atoms with E-state index in [1.54, 1.807) is 0 Å². The van der Waals surface area contributed by atoms with Crippen LogP contribution in [-0.4, -0.2) is 66.2 Å². The van der Waals surface area contributed by atoms with Crippen LogP contribution < -0.4 is 22.1 Å². The summed E-state index contributed by atoms with van der Waals surface area (Å²) in [6.07, 6.45) is 3.69. The third kappa shape index (κ3) is 7.72. The number of hydrogen-bond donors (Lipinski definition) is 4. The van der Waals surface area contributed by atoms with Crippen molar-refractivity contribution in [1.29, 1.82) is 0 Å². The summed E-state index contributed by atoms with van der Waals surface area (Å²) < 4.78 is 0. The maximum Gasteiger partial charge on any atom is 0.237 e. The van der Waals surface area contributed by atoms with E-state index in [0.717, 1.165) is 12.0 Å². The van der Waals surface area contributed by atoms with Crippen LogP contribution in [0.4, 0.5) is 0 Å². The summed E-state index contributed by atoms with van der Waals surface area (Å²) in [6.45, 7) is 4.83. The van der Waals surface area contributed by atoms with Gasteiger partial charge in [-0.15, -0.1) is 0 Å². The largest absolute Gasteiger partial charge is 0.370 e. The number of rotatable bonds is 12. The number of primary amides is 1. The number of nitrogens with zero attached hydrogens (tertiary/aromatic N) is 1. The molecule has 0 spiro atoms. The van der Waals surface area contributed by atoms with Gasteiger partial charge in [0.25, 0.3) is 0 Å². The van der Waals surface area contributed by atoms with Crippen molar-refractivity contribution in [1.82, 2.24) is 15.5 Å². The first-order valence-corrected chi connectivity index (χ1v) is 11.0. The SMILES string of the molecule is CC(C)C([C]=O)NC(=O)C1CCCN1CC(Cc1ccccc1)NC(=O)C(N)CC(N)=O. The Morgan fingerprint density at radius 2 is 1.88 bits per heavy atom. The van der Waals surface area contributed by atoms with Gasteiger partial charge in [-0.3, -0.25) is 24.1 Å². The van der Waals surface area contributed by atoms with Crippen LogP contribution in [0.2, 0.25) is 0 Å². The minimum absolute atomic E-state index is 0.0526. The van der Waals surface area contributed by atoms with Gasteiger partial charge in [-0.2, -0.15) is 0 Å². The molecule has 175 valence electrons. The number of hydrogen-bond acceptors (Lipinski definition) is 6. The van der Waals surface area contributed by atoms with Gasteiger partial charge in [0, 0.05) is 12.6 Å². The first-order valence-electron chi connectivity index (χ1n) is 11.0. The molecule has 4 atom stereocenters. The molecule has 1 aromatic rings. The Bertz CT molecular complexity index is 786. The minimum atomic E-state index is -1.03. The molecule has 0 aromatic heterocycles. The van der Waals surface area contributed by atoms with Gasteiger partial charge >= 0.3 is 0 Å². The Balaban J connectivity index is 2.10. The molecule has 2 rings (SSSR count). The van der Waals surface area contributed by atoms with Gasteiger partial charge < -0.3 is 22.1 Å². The maximum atomic E-state index is 12.8. The van der Waals surface area contributed by atoms with Crippen LogP contribution >= 0.6 is 0 Å². The van der Waals surface area contributed by atoms with E-state index in [1.807, 2.05) is 55.4 Å². The monoisotopic (exact) mass is 444 g/mol. The second-order valence-corrected chi connectivity index (χ2v) is 8.67. The summed E-state index contributed by atoms with van der Waals surface area (Å²) >= 11 is 0. The number of carbonyl (C=O) groups is 3. The van der Waals surface area contributed by atoms with Crippen LogP contribution in [-0.2, 0) is 25.6 Å². The zero-order chi connectivity index (χ0) is 23.7. The third-order valence-electron chi connectivity index (χ3n) is 5.64. The lowest BCUT2D eigenvalue weighted by atomic mass is 10.0. The third-order valence-corrected chi connectivity index (χ3v) is 5.64. The predicted molar refractivity (Wildman–Crippen MR) is 121 cm³/mol. The van der Waals surface area contributed by atoms with Crippen LogP contribution in [0.3, 0.4) is 0 Å². The van der Waals surface area contributed by atoms with Gasteiger partial charge in [-0.05, 0) is 37.3 Å². The molecule has 32 heavy (non-hydrogen) atoms. The van der Waals surface area contributed by atoms with Gasteiger partial charge in [0.05, 0.1) is 24.5 Å². The highest BCUT2D eigenvalue weighted by Crippen LogP contribution is 2.19. The van der Waals surface area contributed by atoms with E-state index in [4.69, 9.17) is 11.5 Å². The topological polar surface area (TPSA) is 148 Å². The smallest absolute Gasteiger partial charge is 0.237 e. The van der Waals surface area contributed by atoms with E-state index in [2.05, 4.69) is 10.6 Å². The van der Waals surface area contributed by atoms with Gasteiger partial charge in [-0.25, -0.2) is 0 Å². The van der Waals surface area contributed by atoms with Crippen molar-refractivity contribution in [3.05, 3.63) is 35.9 Å². The molecule has 9 heteroatoms. The number of amides is 3. The lowest BCUT2D eigenvalue weighted by Crippen LogP contribution is -2.54. The number of carbonyl (C=O) groups excluding carboxylic acids is 4. The second kappa shape index (κ2) is 12.3. The van der Waals surface area contributed by atoms with Gasteiger partial charge in [-0.1, -0.05) is 44.2 Å². The molecule has 0 saturated carbocycles. The van der Waals surface area contributed by atoms with E-state index in [9.17, 15) is 19.2 Å². The molecule has 1 aliphatic heterocycles. The van der Waals surface area contributed by atoms with E-state index in [0.29, 0.717) is 25.9 Å². The minimum Gasteiger partial charge on any atom is -0.370 e. The fourth-order valence-electron chi connectivity index (χ4n) is 3.88. The highest BCUT2D eigenvalue weighted by molar-refractivity contribution is 5.87. The summed E-state index contributed by atoms with van der Waals surface area (Å²) in [5.74, 6) is -1.36. The van der Waals surface area contributed by atoms with Crippen molar-refractivity contribution < 1.29 is 19.2 Å². The van der Waals surface area contributed by atoms with E-state index in [1.165, 1.54) is 0 Å². The summed E-state index contributed by atoms with van der Waals surface area (Å²) in [6, 6.07) is 7.27. The fraction of sp³-hybridized carbons (Fsp3) is 0.565. The maximum absolute atomic E-state index is 12.8. The Kier molecular flexibility index (Phi) is 9.80. The molecule has 0 aliphatic carbocycles. The number of nitrogens with two attached hydrogens (primary N) is 2. The molecule has 6 N–H and O–H groups in total. The molecule has 1 radical (unpaired) electrons. The van der Waals surface area contributed by atoms with Crippen LogP contribution in [0.5, 0.6) is 0 Å². The molecule has 1 heterocycles. The predicted octanol–water partition coefficient (Wildman–Crippen LogP) is -0.368. The summed E-state index contributed by atoms with van der Waals surface area (Å²) in [5.41, 5.74) is 12.0. The zero-order valence-corrected chi connectivity index (χ0v) is 18.8. The first kappa shape index (κ1) is 25.5. The summed E-state index contributed by atoms with van der Waals surface area (Å²) in [5, 5.41) is 5.70. The average molecular weight is 445 g/mol. The molecule has 1 aromatic carbocycles. The van der Waals surface area contributed by atoms with E-state index in [-0.39, 0.29) is 30.3 Å². The van der Waals surface area contributed by atoms with Gasteiger partial charge in [0.1, 0.15) is 0 Å². The molecule has 4 unspecified atom stereocenters. The number of benzene rings is 1. The Labute approximate surface area is 189 Å². The molecule has 0 bridgehead atoms. The van der Waals surface area contributed by atoms with Gasteiger partial charge in [0.2, 0.25) is 24.0 Å². The van der Waals surface area contributed by atoms with Crippen LogP contribution in [0.15, 0.2) is 30.3 Å². The molecule has 1 aliphatic rings. The number of nitrogens with one attached hydrogen (secondary N) is 2. The molecular weight excluding hydrogens is 410 g/mol. The van der Waals surface area contributed by atoms with Crippen molar-refractivity contribution in [3.63, 3.8) is 0 Å². The molecular formula is C23H34N5O4. The quantitative estimate of drug-likeness (QED) is 0.346. The Hall–Kier alpha value is -2.78. The number of likely N-dealkylation sites (tertiary alicyclic amines) is 1. The first-order chi connectivity index (χ1) is 15.2. The Morgan fingerprint density at radius 1 is 1.19 bits per heavy atom. The van der Waals surface area contributed by atoms with Crippen LogP contribution in [0.1, 0.15) is 38.7 Å². The molecule has 1 fully saturated rings. The van der Waals surface area contributed by atoms with Crippen molar-refractivity contribution in [2.45, 2.75) is 63.7 Å². The molecule has 9 nitrogen and oxygen atoms in total. The lowest BCUT2D eigenvalue weighted by Gasteiger charge is -2.30. The zero-order valence-electron chi connectivity index (χ0n) is 18.8. The molecule has 3 amide bonds. The summed E-state index contributed by atoms with van der Waals surface area (Å²) in [7, 11) is 0. The average Bonchev–Trinajstić information content (AvgIpc) is 3.20. The normalized spacial score (nSPS) is 19.2. The fourth-order valence-corrected chi connectivity index (χ4v) is 3.88. The van der Waals surface area contributed by atoms with Crippen molar-refractivity contribution in [2.24, 2.45) is 17.4 Å². The summed E-state index contributed by atoms with van der Waals surface area (Å²) in [4.78, 5) is 49.7. The standard InChI is InChI=1S/C23H34N5O4/c1-15(2)19(14-29)27-23(32)20-9-6-10-28(20)13-17(11-16-7-4-3-5-8-16)26-22(31)18(24)12-21(25)30/h3-5,7-8,15,17-20H,6,9-13,24H2,1-2H3,(H2,25,30)(H,26,31)(H,27,32). The molecule has 1 saturated heterocycles. The Morgan fingerprint density at radius 3 is 2.47 bits per heavy atom. The van der Waals surface area contributed by atoms with Crippen molar-refractivity contribution >= 4 is 24.0 Å². The van der Waals surface area contributed by atoms with Gasteiger partial charge in [0.15, 0.2) is 0 Å². The van der Waals surface area contributed by atoms with E-state index < -0.39 is 23.9 Å². The van der Waals surface area contributed by atoms with Crippen LogP contribution in [0, 0.1) is 5.92 Å². The highest BCUT2D eigenvalue weighted by atomic mass is 16.2. The highest BCUT2D eigenvalue weighted by Gasteiger charge is 2.34.